The Labute approximate surface area is 155 Å². The number of anilines is 1. The Kier molecular flexibility index (Phi) is 6.55. The van der Waals surface area contributed by atoms with Crippen molar-refractivity contribution in [3.63, 3.8) is 0 Å². The van der Waals surface area contributed by atoms with Gasteiger partial charge in [0.05, 0.1) is 5.69 Å². The van der Waals surface area contributed by atoms with Gasteiger partial charge in [0.2, 0.25) is 5.91 Å². The third-order valence-electron chi connectivity index (χ3n) is 4.05. The summed E-state index contributed by atoms with van der Waals surface area (Å²) >= 11 is 2.92. The van der Waals surface area contributed by atoms with Crippen molar-refractivity contribution in [2.24, 2.45) is 0 Å². The second-order valence-electron chi connectivity index (χ2n) is 6.05. The SMILES string of the molecule is O=C(CCNC(=O)c1ccsc1)Nc1nc(CN2CCCCC2)cs1. The highest BCUT2D eigenvalue weighted by Crippen LogP contribution is 2.19. The maximum absolute atomic E-state index is 12.0. The van der Waals surface area contributed by atoms with Crippen molar-refractivity contribution in [1.82, 2.24) is 15.2 Å². The number of thiazole rings is 1. The summed E-state index contributed by atoms with van der Waals surface area (Å²) in [7, 11) is 0. The lowest BCUT2D eigenvalue weighted by atomic mass is 10.1. The molecule has 6 nitrogen and oxygen atoms in total. The molecule has 2 amide bonds. The minimum atomic E-state index is -0.146. The van der Waals surface area contributed by atoms with E-state index in [1.165, 1.54) is 41.9 Å². The molecule has 3 heterocycles. The molecular weight excluding hydrogens is 356 g/mol. The van der Waals surface area contributed by atoms with Crippen LogP contribution in [0.3, 0.4) is 0 Å². The van der Waals surface area contributed by atoms with Crippen molar-refractivity contribution in [3.8, 4) is 0 Å². The number of hydrogen-bond donors (Lipinski definition) is 2. The van der Waals surface area contributed by atoms with E-state index in [0.717, 1.165) is 25.3 Å². The predicted octanol–water partition coefficient (Wildman–Crippen LogP) is 2.95. The van der Waals surface area contributed by atoms with Gasteiger partial charge in [-0.25, -0.2) is 4.98 Å². The molecule has 2 aromatic heterocycles. The molecule has 134 valence electrons. The number of hydrogen-bond acceptors (Lipinski definition) is 6. The van der Waals surface area contributed by atoms with Crippen LogP contribution in [0.1, 0.15) is 41.7 Å². The van der Waals surface area contributed by atoms with Crippen molar-refractivity contribution < 1.29 is 9.59 Å². The van der Waals surface area contributed by atoms with Crippen LogP contribution >= 0.6 is 22.7 Å². The summed E-state index contributed by atoms with van der Waals surface area (Å²) in [6.07, 6.45) is 4.06. The van der Waals surface area contributed by atoms with Crippen LogP contribution in [0.5, 0.6) is 0 Å². The van der Waals surface area contributed by atoms with Crippen molar-refractivity contribution in [2.75, 3.05) is 25.0 Å². The molecule has 0 saturated carbocycles. The molecule has 0 bridgehead atoms. The van der Waals surface area contributed by atoms with Gasteiger partial charge in [0, 0.05) is 35.8 Å². The van der Waals surface area contributed by atoms with Crippen LogP contribution in [0.15, 0.2) is 22.2 Å². The second-order valence-corrected chi connectivity index (χ2v) is 7.69. The van der Waals surface area contributed by atoms with E-state index in [9.17, 15) is 9.59 Å². The molecule has 3 rings (SSSR count). The number of rotatable bonds is 7. The van der Waals surface area contributed by atoms with E-state index in [1.54, 1.807) is 11.4 Å². The number of carbonyl (C=O) groups excluding carboxylic acids is 2. The van der Waals surface area contributed by atoms with Gasteiger partial charge in [-0.2, -0.15) is 11.3 Å². The van der Waals surface area contributed by atoms with Gasteiger partial charge in [0.25, 0.3) is 5.91 Å². The molecule has 1 fully saturated rings. The highest BCUT2D eigenvalue weighted by atomic mass is 32.1. The van der Waals surface area contributed by atoms with Gasteiger partial charge in [-0.15, -0.1) is 11.3 Å². The molecule has 1 saturated heterocycles. The fraction of sp³-hybridized carbons (Fsp3) is 0.471. The lowest BCUT2D eigenvalue weighted by molar-refractivity contribution is -0.116. The van der Waals surface area contributed by atoms with Crippen molar-refractivity contribution in [1.29, 1.82) is 0 Å². The lowest BCUT2D eigenvalue weighted by Crippen LogP contribution is -2.29. The van der Waals surface area contributed by atoms with E-state index in [0.29, 0.717) is 17.2 Å². The van der Waals surface area contributed by atoms with Crippen molar-refractivity contribution in [3.05, 3.63) is 33.5 Å². The molecule has 2 N–H and O–H groups in total. The van der Waals surface area contributed by atoms with Gasteiger partial charge in [-0.05, 0) is 37.4 Å². The highest BCUT2D eigenvalue weighted by Gasteiger charge is 2.13. The largest absolute Gasteiger partial charge is 0.351 e. The lowest BCUT2D eigenvalue weighted by Gasteiger charge is -2.25. The fourth-order valence-corrected chi connectivity index (χ4v) is 4.10. The Balaban J connectivity index is 1.38. The first-order chi connectivity index (χ1) is 12.2. The monoisotopic (exact) mass is 378 g/mol. The number of amides is 2. The summed E-state index contributed by atoms with van der Waals surface area (Å²) in [4.78, 5) is 30.7. The van der Waals surface area contributed by atoms with Gasteiger partial charge in [0.1, 0.15) is 0 Å². The van der Waals surface area contributed by atoms with E-state index >= 15 is 0 Å². The number of nitrogens with zero attached hydrogens (tertiary/aromatic N) is 2. The Morgan fingerprint density at radius 3 is 2.80 bits per heavy atom. The fourth-order valence-electron chi connectivity index (χ4n) is 2.75. The normalized spacial score (nSPS) is 15.0. The zero-order valence-electron chi connectivity index (χ0n) is 14.0. The molecule has 0 radical (unpaired) electrons. The maximum Gasteiger partial charge on any atom is 0.252 e. The Morgan fingerprint density at radius 2 is 2.04 bits per heavy atom. The molecule has 1 aliphatic heterocycles. The van der Waals surface area contributed by atoms with Crippen LogP contribution < -0.4 is 10.6 Å². The smallest absolute Gasteiger partial charge is 0.252 e. The summed E-state index contributed by atoms with van der Waals surface area (Å²) < 4.78 is 0. The number of aromatic nitrogens is 1. The third-order valence-corrected chi connectivity index (χ3v) is 5.54. The number of thiophene rings is 1. The average Bonchev–Trinajstić information content (AvgIpc) is 3.28. The average molecular weight is 379 g/mol. The van der Waals surface area contributed by atoms with Crippen LogP contribution in [-0.4, -0.2) is 41.3 Å². The standard InChI is InChI=1S/C17H22N4O2S2/c22-15(4-6-18-16(23)13-5-9-24-11-13)20-17-19-14(12-25-17)10-21-7-2-1-3-8-21/h5,9,11-12H,1-4,6-8,10H2,(H,18,23)(H,19,20,22). The summed E-state index contributed by atoms with van der Waals surface area (Å²) in [6.45, 7) is 3.42. The van der Waals surface area contributed by atoms with Crippen LogP contribution in [0.2, 0.25) is 0 Å². The summed E-state index contributed by atoms with van der Waals surface area (Å²) in [5.74, 6) is -0.281. The Morgan fingerprint density at radius 1 is 1.20 bits per heavy atom. The molecule has 1 aliphatic rings. The van der Waals surface area contributed by atoms with Crippen molar-refractivity contribution >= 4 is 39.6 Å². The molecule has 0 unspecified atom stereocenters. The van der Waals surface area contributed by atoms with Crippen molar-refractivity contribution in [2.45, 2.75) is 32.2 Å². The summed E-state index contributed by atoms with van der Waals surface area (Å²) in [5, 5.41) is 11.8. The van der Waals surface area contributed by atoms with Crippen LogP contribution in [0.4, 0.5) is 5.13 Å². The number of carbonyl (C=O) groups is 2. The van der Waals surface area contributed by atoms with Crippen LogP contribution in [-0.2, 0) is 11.3 Å². The van der Waals surface area contributed by atoms with Gasteiger partial charge in [0.15, 0.2) is 5.13 Å². The molecule has 8 heteroatoms. The maximum atomic E-state index is 12.0. The second kappa shape index (κ2) is 9.07. The van der Waals surface area contributed by atoms with Crippen LogP contribution in [0, 0.1) is 0 Å². The van der Waals surface area contributed by atoms with E-state index in [1.807, 2.05) is 10.8 Å². The van der Waals surface area contributed by atoms with Gasteiger partial charge in [-0.1, -0.05) is 6.42 Å². The summed E-state index contributed by atoms with van der Waals surface area (Å²) in [6, 6.07) is 1.76. The zero-order chi connectivity index (χ0) is 17.5. The molecule has 0 spiro atoms. The van der Waals surface area contributed by atoms with E-state index in [4.69, 9.17) is 0 Å². The minimum absolute atomic E-state index is 0.135. The van der Waals surface area contributed by atoms with E-state index in [-0.39, 0.29) is 18.2 Å². The topological polar surface area (TPSA) is 74.3 Å². The molecule has 25 heavy (non-hydrogen) atoms. The zero-order valence-corrected chi connectivity index (χ0v) is 15.6. The van der Waals surface area contributed by atoms with E-state index in [2.05, 4.69) is 20.5 Å². The first kappa shape index (κ1) is 18.0. The van der Waals surface area contributed by atoms with Gasteiger partial charge < -0.3 is 10.6 Å². The summed E-state index contributed by atoms with van der Waals surface area (Å²) in [5.41, 5.74) is 1.64. The van der Waals surface area contributed by atoms with Gasteiger partial charge in [-0.3, -0.25) is 14.5 Å². The van der Waals surface area contributed by atoms with Crippen LogP contribution in [0.25, 0.3) is 0 Å². The highest BCUT2D eigenvalue weighted by molar-refractivity contribution is 7.13. The van der Waals surface area contributed by atoms with E-state index < -0.39 is 0 Å². The molecule has 0 aromatic carbocycles. The minimum Gasteiger partial charge on any atom is -0.351 e. The molecular formula is C17H22N4O2S2. The molecule has 0 aliphatic carbocycles. The molecule has 0 atom stereocenters. The Hall–Kier alpha value is -1.77. The predicted molar refractivity (Wildman–Crippen MR) is 101 cm³/mol. The molecule has 2 aromatic rings. The quantitative estimate of drug-likeness (QED) is 0.777. The third kappa shape index (κ3) is 5.62. The Bertz CT molecular complexity index is 693. The first-order valence-electron chi connectivity index (χ1n) is 8.48. The number of nitrogens with one attached hydrogen (secondary N) is 2. The first-order valence-corrected chi connectivity index (χ1v) is 10.3. The number of likely N-dealkylation sites (tertiary alicyclic amines) is 1. The van der Waals surface area contributed by atoms with Gasteiger partial charge >= 0.3 is 0 Å². The number of piperidine rings is 1.